The van der Waals surface area contributed by atoms with Crippen LogP contribution in [-0.4, -0.2) is 42.8 Å². The largest absolute Gasteiger partial charge is 0.379 e. The highest BCUT2D eigenvalue weighted by Gasteiger charge is 1.97. The Hall–Kier alpha value is 0.230. The summed E-state index contributed by atoms with van der Waals surface area (Å²) in [5.41, 5.74) is 0. The lowest BCUT2D eigenvalue weighted by atomic mass is 10.4. The van der Waals surface area contributed by atoms with Crippen LogP contribution >= 0.6 is 8.60 Å². The Bertz CT molecular complexity index is 112. The highest BCUT2D eigenvalue weighted by atomic mass is 31.2. The van der Waals surface area contributed by atoms with Gasteiger partial charge in [-0.15, -0.1) is 0 Å². The molecule has 5 nitrogen and oxygen atoms in total. The first kappa shape index (κ1) is 14.2. The second kappa shape index (κ2) is 11.3. The Labute approximate surface area is 86.0 Å². The second-order valence-corrected chi connectivity index (χ2v) is 3.43. The summed E-state index contributed by atoms with van der Waals surface area (Å²) >= 11 is 0. The lowest BCUT2D eigenvalue weighted by Crippen LogP contribution is -2.08. The summed E-state index contributed by atoms with van der Waals surface area (Å²) in [6.45, 7) is 4.54. The molecule has 0 radical (unpaired) electrons. The summed E-state index contributed by atoms with van der Waals surface area (Å²) in [5, 5.41) is 0. The summed E-state index contributed by atoms with van der Waals surface area (Å²) in [5.74, 6) is 0. The molecule has 0 saturated heterocycles. The highest BCUT2D eigenvalue weighted by molar-refractivity contribution is 7.39. The molecule has 0 atom stereocenters. The molecule has 0 aliphatic rings. The zero-order valence-electron chi connectivity index (χ0n) is 8.52. The maximum Gasteiger partial charge on any atom is 0.327 e. The minimum absolute atomic E-state index is 0.202. The average molecular weight is 226 g/mol. The molecule has 0 aromatic rings. The number of ether oxygens (including phenoxy) is 2. The average Bonchev–Trinajstić information content (AvgIpc) is 2.15. The minimum atomic E-state index is -2.24. The van der Waals surface area contributed by atoms with E-state index >= 15 is 0 Å². The van der Waals surface area contributed by atoms with E-state index in [9.17, 15) is 0 Å². The van der Waals surface area contributed by atoms with Crippen molar-refractivity contribution in [3.8, 4) is 0 Å². The Balaban J connectivity index is 2.85. The smallest absolute Gasteiger partial charge is 0.327 e. The predicted molar refractivity (Wildman–Crippen MR) is 53.9 cm³/mol. The van der Waals surface area contributed by atoms with Gasteiger partial charge in [0.25, 0.3) is 0 Å². The quantitative estimate of drug-likeness (QED) is 0.430. The Morgan fingerprint density at radius 1 is 0.929 bits per heavy atom. The molecule has 0 heterocycles. The number of hydrogen-bond acceptors (Lipinski definition) is 5. The van der Waals surface area contributed by atoms with Gasteiger partial charge >= 0.3 is 8.60 Å². The van der Waals surface area contributed by atoms with Gasteiger partial charge in [-0.2, -0.15) is 0 Å². The van der Waals surface area contributed by atoms with Gasteiger partial charge in [-0.3, -0.25) is 0 Å². The van der Waals surface area contributed by atoms with Crippen molar-refractivity contribution in [3.05, 3.63) is 0 Å². The van der Waals surface area contributed by atoms with Crippen molar-refractivity contribution in [1.29, 1.82) is 0 Å². The van der Waals surface area contributed by atoms with Gasteiger partial charge in [0.15, 0.2) is 0 Å². The van der Waals surface area contributed by atoms with Gasteiger partial charge in [-0.05, 0) is 6.42 Å². The van der Waals surface area contributed by atoms with E-state index in [1.165, 1.54) is 0 Å². The van der Waals surface area contributed by atoms with Crippen LogP contribution in [0, 0.1) is 0 Å². The maximum atomic E-state index is 8.37. The topological polar surface area (TPSA) is 68.2 Å². The van der Waals surface area contributed by atoms with Crippen LogP contribution in [0.1, 0.15) is 19.8 Å². The Kier molecular flexibility index (Phi) is 11.5. The van der Waals surface area contributed by atoms with Crippen LogP contribution < -0.4 is 0 Å². The van der Waals surface area contributed by atoms with Crippen LogP contribution in [0.25, 0.3) is 0 Å². The summed E-state index contributed by atoms with van der Waals surface area (Å²) < 4.78 is 14.8. The lowest BCUT2D eigenvalue weighted by Gasteiger charge is -2.06. The van der Waals surface area contributed by atoms with E-state index in [0.29, 0.717) is 19.8 Å². The van der Waals surface area contributed by atoms with Gasteiger partial charge in [0.2, 0.25) is 0 Å². The Morgan fingerprint density at radius 3 is 2.07 bits per heavy atom. The van der Waals surface area contributed by atoms with Gasteiger partial charge in [0, 0.05) is 6.61 Å². The Morgan fingerprint density at radius 2 is 1.50 bits per heavy atom. The molecule has 0 aromatic heterocycles. The monoisotopic (exact) mass is 226 g/mol. The summed E-state index contributed by atoms with van der Waals surface area (Å²) in [7, 11) is -2.24. The zero-order valence-corrected chi connectivity index (χ0v) is 9.41. The van der Waals surface area contributed by atoms with Crippen LogP contribution in [0.3, 0.4) is 0 Å². The second-order valence-electron chi connectivity index (χ2n) is 2.66. The maximum absolute atomic E-state index is 8.37. The molecule has 0 bridgehead atoms. The molecule has 0 rings (SSSR count). The van der Waals surface area contributed by atoms with E-state index in [0.717, 1.165) is 19.4 Å². The minimum Gasteiger partial charge on any atom is -0.379 e. The standard InChI is InChI=1S/C8H19O5P/c1-2-3-4-11-5-6-12-7-8-13-14(9)10/h9-10H,2-8H2,1H3. The third kappa shape index (κ3) is 12.2. The summed E-state index contributed by atoms with van der Waals surface area (Å²) in [6.07, 6.45) is 2.20. The number of hydrogen-bond donors (Lipinski definition) is 2. The van der Waals surface area contributed by atoms with Crippen molar-refractivity contribution in [2.24, 2.45) is 0 Å². The number of rotatable bonds is 10. The molecular weight excluding hydrogens is 207 g/mol. The molecule has 0 aliphatic heterocycles. The molecule has 14 heavy (non-hydrogen) atoms. The fraction of sp³-hybridized carbons (Fsp3) is 1.00. The van der Waals surface area contributed by atoms with Gasteiger partial charge in [-0.25, -0.2) is 0 Å². The van der Waals surface area contributed by atoms with E-state index in [1.807, 2.05) is 0 Å². The fourth-order valence-corrected chi connectivity index (χ4v) is 0.984. The van der Waals surface area contributed by atoms with E-state index in [2.05, 4.69) is 11.4 Å². The van der Waals surface area contributed by atoms with Crippen molar-refractivity contribution in [3.63, 3.8) is 0 Å². The first-order valence-corrected chi connectivity index (χ1v) is 5.90. The number of unbranched alkanes of at least 4 members (excludes halogenated alkanes) is 1. The van der Waals surface area contributed by atoms with Crippen LogP contribution in [0.4, 0.5) is 0 Å². The third-order valence-corrected chi connectivity index (χ3v) is 1.86. The van der Waals surface area contributed by atoms with Crippen molar-refractivity contribution in [1.82, 2.24) is 0 Å². The van der Waals surface area contributed by atoms with E-state index < -0.39 is 8.60 Å². The highest BCUT2D eigenvalue weighted by Crippen LogP contribution is 2.23. The van der Waals surface area contributed by atoms with Gasteiger partial charge in [0.1, 0.15) is 0 Å². The molecule has 0 unspecified atom stereocenters. The molecule has 0 aliphatic carbocycles. The normalized spacial score (nSPS) is 11.1. The van der Waals surface area contributed by atoms with Crippen LogP contribution in [0.2, 0.25) is 0 Å². The molecular formula is C8H19O5P. The van der Waals surface area contributed by atoms with E-state index in [1.54, 1.807) is 0 Å². The zero-order chi connectivity index (χ0) is 10.6. The molecule has 0 fully saturated rings. The van der Waals surface area contributed by atoms with E-state index in [-0.39, 0.29) is 6.61 Å². The predicted octanol–water partition coefficient (Wildman–Crippen LogP) is 1.05. The van der Waals surface area contributed by atoms with Crippen molar-refractivity contribution in [2.75, 3.05) is 33.0 Å². The molecule has 0 saturated carbocycles. The van der Waals surface area contributed by atoms with Crippen molar-refractivity contribution in [2.45, 2.75) is 19.8 Å². The first-order chi connectivity index (χ1) is 6.77. The van der Waals surface area contributed by atoms with Crippen molar-refractivity contribution < 1.29 is 23.8 Å². The van der Waals surface area contributed by atoms with E-state index in [4.69, 9.17) is 19.3 Å². The molecule has 2 N–H and O–H groups in total. The van der Waals surface area contributed by atoms with Crippen LogP contribution in [0.15, 0.2) is 0 Å². The van der Waals surface area contributed by atoms with Crippen molar-refractivity contribution >= 4 is 8.60 Å². The van der Waals surface area contributed by atoms with Gasteiger partial charge in [-0.1, -0.05) is 13.3 Å². The summed E-state index contributed by atoms with van der Waals surface area (Å²) in [4.78, 5) is 16.7. The van der Waals surface area contributed by atoms with Gasteiger partial charge < -0.3 is 23.8 Å². The summed E-state index contributed by atoms with van der Waals surface area (Å²) in [6, 6.07) is 0. The fourth-order valence-electron chi connectivity index (χ4n) is 0.746. The lowest BCUT2D eigenvalue weighted by molar-refractivity contribution is 0.0341. The first-order valence-electron chi connectivity index (χ1n) is 4.73. The van der Waals surface area contributed by atoms with Crippen LogP contribution in [0.5, 0.6) is 0 Å². The molecule has 6 heteroatoms. The van der Waals surface area contributed by atoms with Crippen LogP contribution in [-0.2, 0) is 14.0 Å². The third-order valence-electron chi connectivity index (χ3n) is 1.45. The molecule has 0 spiro atoms. The van der Waals surface area contributed by atoms with Gasteiger partial charge in [0.05, 0.1) is 26.4 Å². The molecule has 0 aromatic carbocycles. The SMILES string of the molecule is CCCCOCCOCCOP(O)O. The molecule has 86 valence electrons. The molecule has 0 amide bonds.